The number of amides is 1. The number of hydrogen-bond acceptors (Lipinski definition) is 1. The van der Waals surface area contributed by atoms with Crippen molar-refractivity contribution in [3.63, 3.8) is 0 Å². The minimum Gasteiger partial charge on any atom is -0.358 e. The van der Waals surface area contributed by atoms with Crippen molar-refractivity contribution in [2.45, 2.75) is 32.0 Å². The quantitative estimate of drug-likeness (QED) is 0.701. The molecule has 1 aromatic heterocycles. The van der Waals surface area contributed by atoms with E-state index < -0.39 is 11.7 Å². The molecular formula is C20H17F3N2O. The Morgan fingerprint density at radius 3 is 2.54 bits per heavy atom. The van der Waals surface area contributed by atoms with E-state index in [2.05, 4.69) is 28.5 Å². The van der Waals surface area contributed by atoms with Crippen LogP contribution in [0.2, 0.25) is 0 Å². The molecule has 1 unspecified atom stereocenters. The number of aryl methyl sites for hydroxylation is 1. The Bertz CT molecular complexity index is 987. The molecule has 1 amide bonds. The Labute approximate surface area is 148 Å². The highest BCUT2D eigenvalue weighted by Crippen LogP contribution is 2.31. The lowest BCUT2D eigenvalue weighted by Crippen LogP contribution is -2.35. The number of rotatable bonds is 2. The summed E-state index contributed by atoms with van der Waals surface area (Å²) >= 11 is 0. The maximum absolute atomic E-state index is 12.6. The summed E-state index contributed by atoms with van der Waals surface area (Å²) in [6, 6.07) is 10.5. The summed E-state index contributed by atoms with van der Waals surface area (Å²) < 4.78 is 37.8. The van der Waals surface area contributed by atoms with Gasteiger partial charge in [-0.25, -0.2) is 0 Å². The van der Waals surface area contributed by atoms with E-state index >= 15 is 0 Å². The number of benzene rings is 2. The predicted octanol–water partition coefficient (Wildman–Crippen LogP) is 4.39. The van der Waals surface area contributed by atoms with E-state index in [1.165, 1.54) is 28.6 Å². The molecule has 3 nitrogen and oxygen atoms in total. The van der Waals surface area contributed by atoms with Crippen molar-refractivity contribution < 1.29 is 18.0 Å². The topological polar surface area (TPSA) is 44.9 Å². The van der Waals surface area contributed by atoms with Gasteiger partial charge in [-0.3, -0.25) is 4.79 Å². The number of carbonyl (C=O) groups excluding carboxylic acids is 1. The number of aromatic amines is 1. The van der Waals surface area contributed by atoms with Crippen LogP contribution >= 0.6 is 0 Å². The van der Waals surface area contributed by atoms with Crippen LogP contribution in [-0.2, 0) is 19.0 Å². The number of fused-ring (bicyclic) bond motifs is 3. The second kappa shape index (κ2) is 5.90. The second-order valence-corrected chi connectivity index (χ2v) is 6.78. The molecule has 6 heteroatoms. The van der Waals surface area contributed by atoms with Gasteiger partial charge in [0.25, 0.3) is 5.91 Å². The molecule has 26 heavy (non-hydrogen) atoms. The smallest absolute Gasteiger partial charge is 0.358 e. The van der Waals surface area contributed by atoms with E-state index in [1.807, 2.05) is 6.92 Å². The number of alkyl halides is 3. The Morgan fingerprint density at radius 2 is 1.85 bits per heavy atom. The zero-order valence-electron chi connectivity index (χ0n) is 14.1. The van der Waals surface area contributed by atoms with Crippen molar-refractivity contribution in [1.29, 1.82) is 0 Å². The first-order valence-corrected chi connectivity index (χ1v) is 8.39. The van der Waals surface area contributed by atoms with Gasteiger partial charge in [0.15, 0.2) is 0 Å². The Kier molecular flexibility index (Phi) is 3.79. The maximum Gasteiger partial charge on any atom is 0.416 e. The monoisotopic (exact) mass is 358 g/mol. The van der Waals surface area contributed by atoms with E-state index in [0.29, 0.717) is 12.8 Å². The fourth-order valence-corrected chi connectivity index (χ4v) is 3.57. The molecule has 0 aliphatic heterocycles. The summed E-state index contributed by atoms with van der Waals surface area (Å²) in [5.74, 6) is -0.352. The van der Waals surface area contributed by atoms with Gasteiger partial charge in [0, 0.05) is 34.6 Å². The van der Waals surface area contributed by atoms with E-state index in [9.17, 15) is 18.0 Å². The first-order valence-electron chi connectivity index (χ1n) is 8.39. The summed E-state index contributed by atoms with van der Waals surface area (Å²) in [5, 5.41) is 4.10. The molecule has 1 atom stereocenters. The number of carbonyl (C=O) groups is 1. The zero-order valence-corrected chi connectivity index (χ0v) is 14.1. The van der Waals surface area contributed by atoms with Gasteiger partial charge in [-0.05, 0) is 55.3 Å². The lowest BCUT2D eigenvalue weighted by atomic mass is 10.1. The Balaban J connectivity index is 1.48. The van der Waals surface area contributed by atoms with Crippen LogP contribution in [0.25, 0.3) is 10.9 Å². The minimum absolute atomic E-state index is 0.0593. The molecule has 0 saturated carbocycles. The largest absolute Gasteiger partial charge is 0.416 e. The van der Waals surface area contributed by atoms with Gasteiger partial charge in [0.2, 0.25) is 0 Å². The van der Waals surface area contributed by atoms with Crippen molar-refractivity contribution in [3.05, 3.63) is 70.4 Å². The standard InChI is InChI=1S/C20H17F3N2O/c1-11-2-7-17-15(8-11)16-9-14(10-18(16)25-17)24-19(26)12-3-5-13(6-4-12)20(21,22)23/h2-8,14,25H,9-10H2,1H3,(H,24,26). The first-order chi connectivity index (χ1) is 12.3. The van der Waals surface area contributed by atoms with Gasteiger partial charge in [-0.2, -0.15) is 13.2 Å². The van der Waals surface area contributed by atoms with Gasteiger partial charge in [-0.1, -0.05) is 11.6 Å². The van der Waals surface area contributed by atoms with Crippen LogP contribution < -0.4 is 5.32 Å². The van der Waals surface area contributed by atoms with Crippen LogP contribution in [0.1, 0.15) is 32.7 Å². The fraction of sp³-hybridized carbons (Fsp3) is 0.250. The molecule has 1 heterocycles. The van der Waals surface area contributed by atoms with Crippen LogP contribution in [0.15, 0.2) is 42.5 Å². The molecule has 2 N–H and O–H groups in total. The lowest BCUT2D eigenvalue weighted by Gasteiger charge is -2.13. The predicted molar refractivity (Wildman–Crippen MR) is 93.1 cm³/mol. The highest BCUT2D eigenvalue weighted by molar-refractivity contribution is 5.94. The third-order valence-electron chi connectivity index (χ3n) is 4.86. The first kappa shape index (κ1) is 16.7. The van der Waals surface area contributed by atoms with E-state index in [0.717, 1.165) is 23.3 Å². The molecule has 1 aliphatic rings. The van der Waals surface area contributed by atoms with Crippen LogP contribution in [0, 0.1) is 6.92 Å². The van der Waals surface area contributed by atoms with Crippen LogP contribution in [0.4, 0.5) is 13.2 Å². The van der Waals surface area contributed by atoms with Gasteiger partial charge >= 0.3 is 6.18 Å². The minimum atomic E-state index is -4.40. The van der Waals surface area contributed by atoms with Gasteiger partial charge in [0.1, 0.15) is 0 Å². The molecule has 0 saturated heterocycles. The van der Waals surface area contributed by atoms with Crippen molar-refractivity contribution in [3.8, 4) is 0 Å². The molecule has 1 aliphatic carbocycles. The molecule has 3 aromatic rings. The van der Waals surface area contributed by atoms with E-state index in [4.69, 9.17) is 0 Å². The Hall–Kier alpha value is -2.76. The van der Waals surface area contributed by atoms with Crippen molar-refractivity contribution in [2.75, 3.05) is 0 Å². The molecule has 0 radical (unpaired) electrons. The van der Waals surface area contributed by atoms with Crippen LogP contribution in [0.5, 0.6) is 0 Å². The molecule has 0 fully saturated rings. The average molecular weight is 358 g/mol. The Morgan fingerprint density at radius 1 is 1.12 bits per heavy atom. The van der Waals surface area contributed by atoms with Gasteiger partial charge in [-0.15, -0.1) is 0 Å². The number of hydrogen-bond donors (Lipinski definition) is 2. The fourth-order valence-electron chi connectivity index (χ4n) is 3.57. The lowest BCUT2D eigenvalue weighted by molar-refractivity contribution is -0.137. The SMILES string of the molecule is Cc1ccc2[nH]c3c(c2c1)CC(NC(=O)c1ccc(C(F)(F)F)cc1)C3. The van der Waals surface area contributed by atoms with Crippen LogP contribution in [0.3, 0.4) is 0 Å². The van der Waals surface area contributed by atoms with Crippen molar-refractivity contribution in [1.82, 2.24) is 10.3 Å². The van der Waals surface area contributed by atoms with E-state index in [-0.39, 0.29) is 17.5 Å². The summed E-state index contributed by atoms with van der Waals surface area (Å²) in [4.78, 5) is 15.7. The molecule has 2 aromatic carbocycles. The van der Waals surface area contributed by atoms with E-state index in [1.54, 1.807) is 0 Å². The third kappa shape index (κ3) is 2.96. The van der Waals surface area contributed by atoms with Crippen LogP contribution in [-0.4, -0.2) is 16.9 Å². The normalized spacial score (nSPS) is 16.7. The van der Waals surface area contributed by atoms with Gasteiger partial charge < -0.3 is 10.3 Å². The summed E-state index contributed by atoms with van der Waals surface area (Å²) in [7, 11) is 0. The molecular weight excluding hydrogens is 341 g/mol. The number of nitrogens with one attached hydrogen (secondary N) is 2. The highest BCUT2D eigenvalue weighted by Gasteiger charge is 2.31. The molecule has 0 spiro atoms. The summed E-state index contributed by atoms with van der Waals surface area (Å²) in [5.41, 5.74) is 4.07. The molecule has 4 rings (SSSR count). The van der Waals surface area contributed by atoms with Gasteiger partial charge in [0.05, 0.1) is 5.56 Å². The highest BCUT2D eigenvalue weighted by atomic mass is 19.4. The number of aromatic nitrogens is 1. The summed E-state index contributed by atoms with van der Waals surface area (Å²) in [6.45, 7) is 2.04. The van der Waals surface area contributed by atoms with Crippen molar-refractivity contribution in [2.24, 2.45) is 0 Å². The third-order valence-corrected chi connectivity index (χ3v) is 4.86. The summed E-state index contributed by atoms with van der Waals surface area (Å²) in [6.07, 6.45) is -3.00. The number of halogens is 3. The van der Waals surface area contributed by atoms with Crippen molar-refractivity contribution >= 4 is 16.8 Å². The molecule has 0 bridgehead atoms. The average Bonchev–Trinajstić information content (AvgIpc) is 3.11. The second-order valence-electron chi connectivity index (χ2n) is 6.78. The molecule has 134 valence electrons. The zero-order chi connectivity index (χ0) is 18.5. The number of H-pyrrole nitrogens is 1. The maximum atomic E-state index is 12.6.